The SMILES string of the molecule is Cc1nc(-c2ccc(NC(=O)CCCc3ccccc3)cc2)cs1. The minimum Gasteiger partial charge on any atom is -0.326 e. The summed E-state index contributed by atoms with van der Waals surface area (Å²) in [6.07, 6.45) is 2.31. The van der Waals surface area contributed by atoms with E-state index in [9.17, 15) is 4.79 Å². The maximum atomic E-state index is 12.0. The van der Waals surface area contributed by atoms with Crippen LogP contribution >= 0.6 is 11.3 Å². The Hall–Kier alpha value is -2.46. The maximum Gasteiger partial charge on any atom is 0.224 e. The van der Waals surface area contributed by atoms with E-state index in [-0.39, 0.29) is 5.91 Å². The van der Waals surface area contributed by atoms with Gasteiger partial charge in [-0.1, -0.05) is 42.5 Å². The lowest BCUT2D eigenvalue weighted by atomic mass is 10.1. The molecule has 0 fully saturated rings. The molecule has 1 amide bonds. The molecule has 1 heterocycles. The zero-order valence-corrected chi connectivity index (χ0v) is 14.5. The number of anilines is 1. The van der Waals surface area contributed by atoms with Gasteiger partial charge in [0.25, 0.3) is 0 Å². The lowest BCUT2D eigenvalue weighted by Gasteiger charge is -2.06. The second kappa shape index (κ2) is 7.88. The lowest BCUT2D eigenvalue weighted by molar-refractivity contribution is -0.116. The molecule has 0 atom stereocenters. The van der Waals surface area contributed by atoms with Crippen LogP contribution < -0.4 is 5.32 Å². The summed E-state index contributed by atoms with van der Waals surface area (Å²) < 4.78 is 0. The van der Waals surface area contributed by atoms with E-state index >= 15 is 0 Å². The largest absolute Gasteiger partial charge is 0.326 e. The molecule has 0 bridgehead atoms. The van der Waals surface area contributed by atoms with Crippen LogP contribution in [0.3, 0.4) is 0 Å². The Morgan fingerprint density at radius 3 is 2.50 bits per heavy atom. The third-order valence-corrected chi connectivity index (χ3v) is 4.57. The highest BCUT2D eigenvalue weighted by atomic mass is 32.1. The molecule has 0 aliphatic carbocycles. The zero-order chi connectivity index (χ0) is 16.8. The molecule has 0 aliphatic rings. The summed E-state index contributed by atoms with van der Waals surface area (Å²) in [6, 6.07) is 18.1. The van der Waals surface area contributed by atoms with Crippen LogP contribution in [0.15, 0.2) is 60.0 Å². The standard InChI is InChI=1S/C20H20N2OS/c1-15-21-19(14-24-15)17-10-12-18(13-11-17)22-20(23)9-5-8-16-6-3-2-4-7-16/h2-4,6-7,10-14H,5,8-9H2,1H3,(H,22,23). The highest BCUT2D eigenvalue weighted by molar-refractivity contribution is 7.09. The van der Waals surface area contributed by atoms with E-state index in [1.54, 1.807) is 11.3 Å². The molecule has 3 aromatic rings. The van der Waals surface area contributed by atoms with E-state index in [1.807, 2.05) is 54.8 Å². The Labute approximate surface area is 146 Å². The number of carbonyl (C=O) groups excluding carboxylic acids is 1. The normalized spacial score (nSPS) is 10.5. The Morgan fingerprint density at radius 2 is 1.83 bits per heavy atom. The van der Waals surface area contributed by atoms with Crippen molar-refractivity contribution in [1.29, 1.82) is 0 Å². The van der Waals surface area contributed by atoms with Crippen molar-refractivity contribution in [2.75, 3.05) is 5.32 Å². The summed E-state index contributed by atoms with van der Waals surface area (Å²) in [7, 11) is 0. The van der Waals surface area contributed by atoms with Crippen molar-refractivity contribution in [2.45, 2.75) is 26.2 Å². The van der Waals surface area contributed by atoms with Gasteiger partial charge < -0.3 is 5.32 Å². The molecule has 24 heavy (non-hydrogen) atoms. The number of thiazole rings is 1. The molecule has 1 aromatic heterocycles. The minimum atomic E-state index is 0.0585. The molecule has 4 heteroatoms. The van der Waals surface area contributed by atoms with Crippen molar-refractivity contribution >= 4 is 22.9 Å². The molecule has 0 saturated heterocycles. The number of aromatic nitrogens is 1. The lowest BCUT2D eigenvalue weighted by Crippen LogP contribution is -2.11. The summed E-state index contributed by atoms with van der Waals surface area (Å²) in [5.74, 6) is 0.0585. The van der Waals surface area contributed by atoms with Crippen LogP contribution in [0.2, 0.25) is 0 Å². The summed E-state index contributed by atoms with van der Waals surface area (Å²) in [6.45, 7) is 2.00. The first-order chi connectivity index (χ1) is 11.7. The second-order valence-electron chi connectivity index (χ2n) is 5.72. The Balaban J connectivity index is 1.49. The van der Waals surface area contributed by atoms with Gasteiger partial charge in [-0.3, -0.25) is 4.79 Å². The molecule has 0 saturated carbocycles. The van der Waals surface area contributed by atoms with Gasteiger partial charge in [0.1, 0.15) is 0 Å². The molecule has 3 nitrogen and oxygen atoms in total. The predicted octanol–water partition coefficient (Wildman–Crippen LogP) is 5.08. The number of nitrogens with one attached hydrogen (secondary N) is 1. The monoisotopic (exact) mass is 336 g/mol. The fraction of sp³-hybridized carbons (Fsp3) is 0.200. The molecule has 2 aromatic carbocycles. The number of amides is 1. The average molecular weight is 336 g/mol. The molecule has 0 aliphatic heterocycles. The third-order valence-electron chi connectivity index (χ3n) is 3.80. The average Bonchev–Trinajstić information content (AvgIpc) is 3.03. The number of hydrogen-bond acceptors (Lipinski definition) is 3. The van der Waals surface area contributed by atoms with E-state index in [0.717, 1.165) is 34.8 Å². The third kappa shape index (κ3) is 4.52. The number of carbonyl (C=O) groups is 1. The van der Waals surface area contributed by atoms with Gasteiger partial charge in [-0.05, 0) is 37.5 Å². The summed E-state index contributed by atoms with van der Waals surface area (Å²) in [5.41, 5.74) is 4.16. The smallest absolute Gasteiger partial charge is 0.224 e. The van der Waals surface area contributed by atoms with Crippen molar-refractivity contribution in [1.82, 2.24) is 4.98 Å². The highest BCUT2D eigenvalue weighted by Gasteiger charge is 2.05. The summed E-state index contributed by atoms with van der Waals surface area (Å²) in [5, 5.41) is 6.06. The molecule has 0 unspecified atom stereocenters. The number of nitrogens with zero attached hydrogens (tertiary/aromatic N) is 1. The van der Waals surface area contributed by atoms with Crippen molar-refractivity contribution in [3.8, 4) is 11.3 Å². The van der Waals surface area contributed by atoms with Crippen LogP contribution in [-0.4, -0.2) is 10.9 Å². The van der Waals surface area contributed by atoms with Crippen LogP contribution in [0.1, 0.15) is 23.4 Å². The highest BCUT2D eigenvalue weighted by Crippen LogP contribution is 2.23. The fourth-order valence-electron chi connectivity index (χ4n) is 2.54. The number of aryl methyl sites for hydroxylation is 2. The van der Waals surface area contributed by atoms with Crippen molar-refractivity contribution in [3.05, 3.63) is 70.5 Å². The molecule has 1 N–H and O–H groups in total. The van der Waals surface area contributed by atoms with Gasteiger partial charge in [0.2, 0.25) is 5.91 Å². The first-order valence-corrected chi connectivity index (χ1v) is 8.95. The first-order valence-electron chi connectivity index (χ1n) is 8.07. The second-order valence-corrected chi connectivity index (χ2v) is 6.78. The van der Waals surface area contributed by atoms with Crippen LogP contribution in [0.5, 0.6) is 0 Å². The van der Waals surface area contributed by atoms with Crippen LogP contribution in [0, 0.1) is 6.92 Å². The zero-order valence-electron chi connectivity index (χ0n) is 13.7. The Morgan fingerprint density at radius 1 is 1.08 bits per heavy atom. The topological polar surface area (TPSA) is 42.0 Å². The molecule has 3 rings (SSSR count). The van der Waals surface area contributed by atoms with E-state index < -0.39 is 0 Å². The molecular formula is C20H20N2OS. The van der Waals surface area contributed by atoms with Gasteiger partial charge in [0, 0.05) is 23.1 Å². The van der Waals surface area contributed by atoms with Gasteiger partial charge in [-0.2, -0.15) is 0 Å². The van der Waals surface area contributed by atoms with E-state index in [1.165, 1.54) is 5.56 Å². The van der Waals surface area contributed by atoms with E-state index in [0.29, 0.717) is 6.42 Å². The summed E-state index contributed by atoms with van der Waals surface area (Å²) in [4.78, 5) is 16.5. The Bertz CT molecular complexity index is 794. The van der Waals surface area contributed by atoms with E-state index in [4.69, 9.17) is 0 Å². The van der Waals surface area contributed by atoms with Crippen molar-refractivity contribution in [2.24, 2.45) is 0 Å². The van der Waals surface area contributed by atoms with Gasteiger partial charge in [0.15, 0.2) is 0 Å². The van der Waals surface area contributed by atoms with Crippen LogP contribution in [-0.2, 0) is 11.2 Å². The number of hydrogen-bond donors (Lipinski definition) is 1. The number of rotatable bonds is 6. The minimum absolute atomic E-state index is 0.0585. The van der Waals surface area contributed by atoms with Crippen LogP contribution in [0.4, 0.5) is 5.69 Å². The Kier molecular flexibility index (Phi) is 5.39. The number of benzene rings is 2. The first kappa shape index (κ1) is 16.4. The van der Waals surface area contributed by atoms with Crippen LogP contribution in [0.25, 0.3) is 11.3 Å². The molecule has 0 spiro atoms. The quantitative estimate of drug-likeness (QED) is 0.682. The van der Waals surface area contributed by atoms with Crippen molar-refractivity contribution in [3.63, 3.8) is 0 Å². The maximum absolute atomic E-state index is 12.0. The van der Waals surface area contributed by atoms with Gasteiger partial charge in [-0.25, -0.2) is 4.98 Å². The molecular weight excluding hydrogens is 316 g/mol. The van der Waals surface area contributed by atoms with Gasteiger partial charge in [0.05, 0.1) is 10.7 Å². The summed E-state index contributed by atoms with van der Waals surface area (Å²) >= 11 is 1.64. The van der Waals surface area contributed by atoms with Gasteiger partial charge >= 0.3 is 0 Å². The van der Waals surface area contributed by atoms with Gasteiger partial charge in [-0.15, -0.1) is 11.3 Å². The predicted molar refractivity (Wildman–Crippen MR) is 100 cm³/mol. The van der Waals surface area contributed by atoms with Crippen molar-refractivity contribution < 1.29 is 4.79 Å². The molecule has 0 radical (unpaired) electrons. The van der Waals surface area contributed by atoms with E-state index in [2.05, 4.69) is 22.4 Å². The molecule has 122 valence electrons. The fourth-order valence-corrected chi connectivity index (χ4v) is 3.16.